The van der Waals surface area contributed by atoms with Gasteiger partial charge >= 0.3 is 5.97 Å². The Balaban J connectivity index is 1.59. The maximum atomic E-state index is 12.8. The minimum absolute atomic E-state index is 0.138. The number of rotatable bonds is 6. The van der Waals surface area contributed by atoms with Crippen molar-refractivity contribution in [3.8, 4) is 16.9 Å². The van der Waals surface area contributed by atoms with Crippen LogP contribution in [-0.4, -0.2) is 22.8 Å². The van der Waals surface area contributed by atoms with Crippen LogP contribution >= 0.6 is 0 Å². The summed E-state index contributed by atoms with van der Waals surface area (Å²) in [5, 5.41) is 12.7. The molecule has 0 fully saturated rings. The number of fused-ring (bicyclic) bond motifs is 3. The van der Waals surface area contributed by atoms with Gasteiger partial charge in [-0.1, -0.05) is 91.0 Å². The summed E-state index contributed by atoms with van der Waals surface area (Å²) in [5.74, 6) is -0.287. The summed E-state index contributed by atoms with van der Waals surface area (Å²) < 4.78 is 7.31. The summed E-state index contributed by atoms with van der Waals surface area (Å²) >= 11 is 0. The summed E-state index contributed by atoms with van der Waals surface area (Å²) in [5.41, 5.74) is 7.77. The topological polar surface area (TPSA) is 51.5 Å². The minimum Gasteiger partial charge on any atom is -0.507 e. The molecule has 0 atom stereocenters. The van der Waals surface area contributed by atoms with Crippen molar-refractivity contribution in [3.05, 3.63) is 138 Å². The van der Waals surface area contributed by atoms with Crippen LogP contribution in [-0.2, 0) is 17.7 Å². The number of carbonyl (C=O) groups is 1. The average molecular weight is 498 g/mol. The Kier molecular flexibility index (Phi) is 6.14. The Morgan fingerprint density at radius 2 is 1.39 bits per heavy atom. The number of aromatic nitrogens is 1. The molecule has 38 heavy (non-hydrogen) atoms. The zero-order valence-electron chi connectivity index (χ0n) is 21.1. The SMILES string of the molecule is COC(=O)c1cccc2c1c1c(O)cc(-c3ccccc3)cc1n2Cc1ccccc1Cc1ccccc1. The van der Waals surface area contributed by atoms with Gasteiger partial charge in [0.25, 0.3) is 0 Å². The van der Waals surface area contributed by atoms with E-state index in [1.807, 2.05) is 48.5 Å². The highest BCUT2D eigenvalue weighted by atomic mass is 16.5. The van der Waals surface area contributed by atoms with E-state index in [9.17, 15) is 9.90 Å². The van der Waals surface area contributed by atoms with Crippen molar-refractivity contribution in [1.82, 2.24) is 4.57 Å². The van der Waals surface area contributed by atoms with Gasteiger partial charge in [0.15, 0.2) is 0 Å². The van der Waals surface area contributed by atoms with Crippen LogP contribution in [0.25, 0.3) is 32.9 Å². The monoisotopic (exact) mass is 497 g/mol. The summed E-state index contributed by atoms with van der Waals surface area (Å²) in [7, 11) is 1.38. The van der Waals surface area contributed by atoms with Gasteiger partial charge in [-0.25, -0.2) is 4.79 Å². The highest BCUT2D eigenvalue weighted by Crippen LogP contribution is 2.41. The van der Waals surface area contributed by atoms with Gasteiger partial charge in [0.2, 0.25) is 0 Å². The number of ether oxygens (including phenoxy) is 1. The van der Waals surface area contributed by atoms with Gasteiger partial charge in [-0.2, -0.15) is 0 Å². The van der Waals surface area contributed by atoms with Crippen LogP contribution in [0.15, 0.2) is 115 Å². The Labute approximate surface area is 221 Å². The highest BCUT2D eigenvalue weighted by molar-refractivity contribution is 6.19. The van der Waals surface area contributed by atoms with Crippen molar-refractivity contribution in [2.24, 2.45) is 0 Å². The zero-order valence-corrected chi connectivity index (χ0v) is 21.1. The average Bonchev–Trinajstić information content (AvgIpc) is 3.28. The smallest absolute Gasteiger partial charge is 0.338 e. The zero-order chi connectivity index (χ0) is 26.1. The molecule has 0 radical (unpaired) electrons. The first-order valence-corrected chi connectivity index (χ1v) is 12.7. The Bertz CT molecular complexity index is 1770. The molecule has 5 aromatic carbocycles. The standard InChI is InChI=1S/C34H27NO3/c1-38-34(37)28-17-10-18-29-32(28)33-30(20-27(21-31(33)36)24-13-6-3-7-14-24)35(29)22-26-16-9-8-15-25(26)19-23-11-4-2-5-12-23/h2-18,20-21,36H,19,22H2,1H3. The molecule has 0 spiro atoms. The van der Waals surface area contributed by atoms with E-state index in [1.54, 1.807) is 12.1 Å². The second kappa shape index (κ2) is 9.91. The maximum Gasteiger partial charge on any atom is 0.338 e. The normalized spacial score (nSPS) is 11.2. The number of phenolic OH excluding ortho intramolecular Hbond substituents is 1. The van der Waals surface area contributed by atoms with Gasteiger partial charge in [-0.05, 0) is 58.5 Å². The molecule has 1 heterocycles. The van der Waals surface area contributed by atoms with Crippen LogP contribution in [0.5, 0.6) is 5.75 Å². The molecular weight excluding hydrogens is 470 g/mol. The van der Waals surface area contributed by atoms with Gasteiger partial charge in [0, 0.05) is 11.9 Å². The van der Waals surface area contributed by atoms with Gasteiger partial charge in [0.05, 0.1) is 29.1 Å². The van der Waals surface area contributed by atoms with Crippen molar-refractivity contribution in [3.63, 3.8) is 0 Å². The van der Waals surface area contributed by atoms with Crippen LogP contribution in [0.2, 0.25) is 0 Å². The van der Waals surface area contributed by atoms with E-state index in [0.717, 1.165) is 28.6 Å². The molecule has 0 aliphatic rings. The molecule has 0 aliphatic carbocycles. The molecule has 0 saturated heterocycles. The Morgan fingerprint density at radius 1 is 0.711 bits per heavy atom. The predicted octanol–water partition coefficient (Wildman–Crippen LogP) is 7.59. The van der Waals surface area contributed by atoms with E-state index in [2.05, 4.69) is 59.2 Å². The molecule has 0 unspecified atom stereocenters. The molecule has 4 nitrogen and oxygen atoms in total. The van der Waals surface area contributed by atoms with Crippen molar-refractivity contribution in [2.45, 2.75) is 13.0 Å². The minimum atomic E-state index is -0.425. The molecule has 0 saturated carbocycles. The first-order valence-electron chi connectivity index (χ1n) is 12.7. The van der Waals surface area contributed by atoms with Crippen molar-refractivity contribution >= 4 is 27.8 Å². The van der Waals surface area contributed by atoms with Crippen LogP contribution in [0, 0.1) is 0 Å². The fourth-order valence-corrected chi connectivity index (χ4v) is 5.36. The first-order chi connectivity index (χ1) is 18.6. The van der Waals surface area contributed by atoms with Crippen molar-refractivity contribution < 1.29 is 14.6 Å². The molecule has 0 aliphatic heterocycles. The van der Waals surface area contributed by atoms with Gasteiger partial charge in [-0.15, -0.1) is 0 Å². The van der Waals surface area contributed by atoms with E-state index in [4.69, 9.17) is 4.74 Å². The van der Waals surface area contributed by atoms with Crippen LogP contribution in [0.3, 0.4) is 0 Å². The highest BCUT2D eigenvalue weighted by Gasteiger charge is 2.22. The lowest BCUT2D eigenvalue weighted by Gasteiger charge is -2.14. The summed E-state index contributed by atoms with van der Waals surface area (Å²) in [6, 6.07) is 38.4. The number of hydrogen-bond acceptors (Lipinski definition) is 3. The molecule has 1 aromatic heterocycles. The van der Waals surface area contributed by atoms with Gasteiger partial charge in [0.1, 0.15) is 5.75 Å². The van der Waals surface area contributed by atoms with E-state index < -0.39 is 5.97 Å². The lowest BCUT2D eigenvalue weighted by molar-refractivity contribution is 0.0603. The lowest BCUT2D eigenvalue weighted by atomic mass is 9.99. The molecule has 6 aromatic rings. The third-order valence-electron chi connectivity index (χ3n) is 7.17. The maximum absolute atomic E-state index is 12.8. The molecule has 0 amide bonds. The number of hydrogen-bond donors (Lipinski definition) is 1. The van der Waals surface area contributed by atoms with Gasteiger partial charge in [-0.3, -0.25) is 0 Å². The van der Waals surface area contributed by atoms with Crippen LogP contribution in [0.1, 0.15) is 27.0 Å². The van der Waals surface area contributed by atoms with Crippen molar-refractivity contribution in [2.75, 3.05) is 7.11 Å². The van der Waals surface area contributed by atoms with Gasteiger partial charge < -0.3 is 14.4 Å². The first kappa shape index (κ1) is 23.6. The van der Waals surface area contributed by atoms with Crippen LogP contribution in [0.4, 0.5) is 0 Å². The van der Waals surface area contributed by atoms with E-state index >= 15 is 0 Å². The molecular formula is C34H27NO3. The fourth-order valence-electron chi connectivity index (χ4n) is 5.36. The lowest BCUT2D eigenvalue weighted by Crippen LogP contribution is -2.05. The number of phenols is 1. The predicted molar refractivity (Wildman–Crippen MR) is 153 cm³/mol. The van der Waals surface area contributed by atoms with E-state index in [0.29, 0.717) is 22.9 Å². The Hall–Kier alpha value is -4.83. The third-order valence-corrected chi connectivity index (χ3v) is 7.17. The van der Waals surface area contributed by atoms with E-state index in [-0.39, 0.29) is 5.75 Å². The quantitative estimate of drug-likeness (QED) is 0.241. The number of methoxy groups -OCH3 is 1. The molecule has 6 rings (SSSR count). The fraction of sp³-hybridized carbons (Fsp3) is 0.0882. The largest absolute Gasteiger partial charge is 0.507 e. The molecule has 4 heteroatoms. The summed E-state index contributed by atoms with van der Waals surface area (Å²) in [6.45, 7) is 0.589. The molecule has 186 valence electrons. The number of benzene rings is 5. The summed E-state index contributed by atoms with van der Waals surface area (Å²) in [4.78, 5) is 12.8. The second-order valence-electron chi connectivity index (χ2n) is 9.46. The number of carbonyl (C=O) groups excluding carboxylic acids is 1. The van der Waals surface area contributed by atoms with E-state index in [1.165, 1.54) is 23.8 Å². The second-order valence-corrected chi connectivity index (χ2v) is 9.46. The number of esters is 1. The number of nitrogens with zero attached hydrogens (tertiary/aromatic N) is 1. The Morgan fingerprint density at radius 3 is 2.13 bits per heavy atom. The third kappa shape index (κ3) is 4.20. The summed E-state index contributed by atoms with van der Waals surface area (Å²) in [6.07, 6.45) is 0.822. The molecule has 0 bridgehead atoms. The number of aromatic hydroxyl groups is 1. The van der Waals surface area contributed by atoms with Crippen molar-refractivity contribution in [1.29, 1.82) is 0 Å². The van der Waals surface area contributed by atoms with Crippen LogP contribution < -0.4 is 0 Å². The molecule has 1 N–H and O–H groups in total.